The molecular weight excluding hydrogens is 537 g/mol. The van der Waals surface area contributed by atoms with E-state index in [1.807, 2.05) is 13.1 Å². The molecule has 1 amide bonds. The summed E-state index contributed by atoms with van der Waals surface area (Å²) in [5.74, 6) is -0.269. The SMILES string of the molecule is [3H]c1c[c-]c[c-]c1C(=O)NC1CCCc2cc(C)cnc21.[U].[V]. The van der Waals surface area contributed by atoms with Crippen LogP contribution in [0, 0.1) is 50.2 Å². The van der Waals surface area contributed by atoms with Crippen molar-refractivity contribution >= 4 is 5.91 Å². The maximum absolute atomic E-state index is 12.3. The summed E-state index contributed by atoms with van der Waals surface area (Å²) < 4.78 is 7.75. The molecule has 1 unspecified atom stereocenters. The van der Waals surface area contributed by atoms with E-state index < -0.39 is 0 Å². The molecule has 3 rings (SSSR count). The second-order valence-corrected chi connectivity index (χ2v) is 5.09. The molecule has 5 heteroatoms. The molecule has 0 aliphatic heterocycles. The molecule has 0 saturated heterocycles. The van der Waals surface area contributed by atoms with Gasteiger partial charge in [-0.05, 0) is 37.3 Å². The smallest absolute Gasteiger partial charge is 0.204 e. The van der Waals surface area contributed by atoms with Crippen LogP contribution < -0.4 is 5.32 Å². The van der Waals surface area contributed by atoms with Crippen LogP contribution in [0.4, 0.5) is 0 Å². The predicted molar refractivity (Wildman–Crippen MR) is 76.2 cm³/mol. The quantitative estimate of drug-likeness (QED) is 0.580. The Hall–Kier alpha value is -0.524. The van der Waals surface area contributed by atoms with Gasteiger partial charge in [-0.2, -0.15) is 5.56 Å². The first-order valence-corrected chi connectivity index (χ1v) is 6.80. The zero-order chi connectivity index (χ0) is 14.8. The van der Waals surface area contributed by atoms with Gasteiger partial charge in [0.15, 0.2) is 0 Å². The Bertz CT molecular complexity index is 696. The van der Waals surface area contributed by atoms with Gasteiger partial charge in [-0.15, -0.1) is 1.37 Å². The molecular formula is C17H16N2OUV-2. The first-order valence-electron chi connectivity index (χ1n) is 7.30. The molecule has 0 bridgehead atoms. The van der Waals surface area contributed by atoms with Crippen molar-refractivity contribution in [1.82, 2.24) is 10.3 Å². The summed E-state index contributed by atoms with van der Waals surface area (Å²) in [5, 5.41) is 2.99. The van der Waals surface area contributed by atoms with E-state index in [9.17, 15) is 4.79 Å². The number of carbonyl (C=O) groups is 1. The molecule has 1 N–H and O–H groups in total. The molecule has 1 aromatic carbocycles. The number of aromatic nitrogens is 1. The molecule has 111 valence electrons. The first kappa shape index (κ1) is 17.8. The molecule has 0 fully saturated rings. The van der Waals surface area contributed by atoms with Crippen molar-refractivity contribution in [2.24, 2.45) is 0 Å². The number of hydrogen-bond acceptors (Lipinski definition) is 2. The van der Waals surface area contributed by atoms with E-state index in [1.165, 1.54) is 17.7 Å². The first-order chi connectivity index (χ1) is 10.1. The average Bonchev–Trinajstić information content (AvgIpc) is 2.47. The van der Waals surface area contributed by atoms with Gasteiger partial charge in [-0.3, -0.25) is 21.9 Å². The van der Waals surface area contributed by atoms with Crippen LogP contribution in [0.5, 0.6) is 0 Å². The number of carbonyl (C=O) groups excluding carboxylic acids is 1. The summed E-state index contributed by atoms with van der Waals surface area (Å²) >= 11 is 0. The Labute approximate surface area is 168 Å². The van der Waals surface area contributed by atoms with Crippen LogP contribution in [0.2, 0.25) is 0 Å². The molecule has 2 aromatic rings. The summed E-state index contributed by atoms with van der Waals surface area (Å²) in [6.07, 6.45) is 4.75. The van der Waals surface area contributed by atoms with E-state index in [0.717, 1.165) is 30.5 Å². The van der Waals surface area contributed by atoms with E-state index >= 15 is 0 Å². The third-order valence-corrected chi connectivity index (χ3v) is 3.54. The van der Waals surface area contributed by atoms with Crippen LogP contribution in [0.15, 0.2) is 30.4 Å². The van der Waals surface area contributed by atoms with E-state index in [2.05, 4.69) is 28.5 Å². The monoisotopic (exact) mass is 555 g/mol. The van der Waals surface area contributed by atoms with Crippen molar-refractivity contribution in [3.05, 3.63) is 65.0 Å². The van der Waals surface area contributed by atoms with Gasteiger partial charge < -0.3 is 23.5 Å². The number of aryl methyl sites for hydroxylation is 2. The maximum Gasteiger partial charge on any atom is 0.204 e. The third kappa shape index (κ3) is 4.49. The minimum Gasteiger partial charge on any atom is -0.359 e. The summed E-state index contributed by atoms with van der Waals surface area (Å²) in [7, 11) is 0. The number of fused-ring (bicyclic) bond motifs is 1. The van der Waals surface area contributed by atoms with E-state index in [1.54, 1.807) is 0 Å². The number of pyridine rings is 1. The van der Waals surface area contributed by atoms with E-state index in [0.29, 0.717) is 0 Å². The van der Waals surface area contributed by atoms with E-state index in [-0.39, 0.29) is 73.2 Å². The Balaban J connectivity index is 0.00000132. The molecule has 0 saturated carbocycles. The van der Waals surface area contributed by atoms with Gasteiger partial charge >= 0.3 is 0 Å². The predicted octanol–water partition coefficient (Wildman–Crippen LogP) is 2.80. The number of nitrogens with one attached hydrogen (secondary N) is 1. The molecule has 1 aliphatic carbocycles. The minimum atomic E-state index is -0.269. The van der Waals surface area contributed by atoms with Crippen molar-refractivity contribution in [3.63, 3.8) is 0 Å². The Kier molecular flexibility index (Phi) is 7.24. The van der Waals surface area contributed by atoms with Gasteiger partial charge in [0.05, 0.1) is 11.7 Å². The standard InChI is InChI=1S/C17H16N2O.U.V/c1-12-10-14-8-5-9-15(16(14)18-11-12)19-17(20)13-6-3-2-4-7-13;;/h3-4,6,10-11,15H,5,8-9H2,1H3,(H,19,20);;/q-2;;/i6T;;. The number of benzene rings is 1. The van der Waals surface area contributed by atoms with Crippen LogP contribution >= 0.6 is 0 Å². The number of nitrogens with zero attached hydrogens (tertiary/aromatic N) is 1. The van der Waals surface area contributed by atoms with Gasteiger partial charge in [0, 0.05) is 55.9 Å². The van der Waals surface area contributed by atoms with Gasteiger partial charge in [-0.1, -0.05) is 6.07 Å². The second-order valence-electron chi connectivity index (χ2n) is 5.09. The number of hydrogen-bond donors (Lipinski definition) is 1. The zero-order valence-corrected chi connectivity index (χ0v) is 17.9. The van der Waals surface area contributed by atoms with Crippen LogP contribution in [-0.4, -0.2) is 10.9 Å². The van der Waals surface area contributed by atoms with Crippen molar-refractivity contribution in [2.45, 2.75) is 32.2 Å². The summed E-state index contributed by atoms with van der Waals surface area (Å²) in [5.41, 5.74) is 3.56. The fourth-order valence-corrected chi connectivity index (χ4v) is 2.60. The Morgan fingerprint density at radius 1 is 1.55 bits per heavy atom. The fraction of sp³-hybridized carbons (Fsp3) is 0.294. The Morgan fingerprint density at radius 2 is 2.36 bits per heavy atom. The van der Waals surface area contributed by atoms with Crippen molar-refractivity contribution in [2.75, 3.05) is 0 Å². The molecule has 1 heterocycles. The topological polar surface area (TPSA) is 42.0 Å². The number of rotatable bonds is 2. The van der Waals surface area contributed by atoms with Crippen molar-refractivity contribution < 1.29 is 55.8 Å². The molecule has 1 aliphatic rings. The van der Waals surface area contributed by atoms with E-state index in [4.69, 9.17) is 1.37 Å². The molecule has 3 nitrogen and oxygen atoms in total. The van der Waals surface area contributed by atoms with Gasteiger partial charge in [0.25, 0.3) is 0 Å². The largest absolute Gasteiger partial charge is 0.359 e. The summed E-state index contributed by atoms with van der Waals surface area (Å²) in [4.78, 5) is 16.8. The third-order valence-electron chi connectivity index (χ3n) is 3.54. The van der Waals surface area contributed by atoms with Crippen LogP contribution in [0.3, 0.4) is 0 Å². The van der Waals surface area contributed by atoms with Gasteiger partial charge in [0.1, 0.15) is 0 Å². The molecule has 22 heavy (non-hydrogen) atoms. The molecule has 1 atom stereocenters. The van der Waals surface area contributed by atoms with Crippen LogP contribution in [0.25, 0.3) is 0 Å². The normalized spacial score (nSPS) is 16.4. The molecule has 1 aromatic heterocycles. The average molecular weight is 555 g/mol. The fourth-order valence-electron chi connectivity index (χ4n) is 2.60. The maximum atomic E-state index is 12.3. The van der Waals surface area contributed by atoms with Crippen LogP contribution in [0.1, 0.15) is 47.4 Å². The molecule has 0 spiro atoms. The molecule has 1 radical (unpaired) electrons. The van der Waals surface area contributed by atoms with Crippen molar-refractivity contribution in [1.29, 1.82) is 0 Å². The minimum absolute atomic E-state index is 0. The van der Waals surface area contributed by atoms with Gasteiger partial charge in [-0.25, -0.2) is 0 Å². The summed E-state index contributed by atoms with van der Waals surface area (Å²) in [6.45, 7) is 2.03. The number of amides is 1. The summed E-state index contributed by atoms with van der Waals surface area (Å²) in [6, 6.07) is 10.7. The van der Waals surface area contributed by atoms with Gasteiger partial charge in [0.2, 0.25) is 5.91 Å². The van der Waals surface area contributed by atoms with Crippen molar-refractivity contribution in [3.8, 4) is 0 Å². The van der Waals surface area contributed by atoms with Crippen LogP contribution in [-0.2, 0) is 25.0 Å². The zero-order valence-electron chi connectivity index (χ0n) is 13.3. The Morgan fingerprint density at radius 3 is 3.14 bits per heavy atom. The second kappa shape index (κ2) is 8.94.